The lowest BCUT2D eigenvalue weighted by Crippen LogP contribution is -2.42. The van der Waals surface area contributed by atoms with Crippen molar-refractivity contribution < 1.29 is 9.59 Å². The zero-order valence-electron chi connectivity index (χ0n) is 17.2. The van der Waals surface area contributed by atoms with Crippen LogP contribution in [-0.4, -0.2) is 50.6 Å². The smallest absolute Gasteiger partial charge is 0.240 e. The number of benzene rings is 1. The Bertz CT molecular complexity index is 856. The number of carbonyl (C=O) groups is 2. The Hall–Kier alpha value is -2.02. The predicted octanol–water partition coefficient (Wildman–Crippen LogP) is 3.30. The van der Waals surface area contributed by atoms with E-state index < -0.39 is 0 Å². The number of piperidine rings is 1. The summed E-state index contributed by atoms with van der Waals surface area (Å²) < 4.78 is 1.91. The number of aromatic nitrogens is 2. The molecule has 1 N–H and O–H groups in total. The van der Waals surface area contributed by atoms with Crippen molar-refractivity contribution >= 4 is 34.6 Å². The molecule has 2 amide bonds. The zero-order chi connectivity index (χ0) is 20.3. The Kier molecular flexibility index (Phi) is 6.33. The molecule has 7 heteroatoms. The minimum absolute atomic E-state index is 0.0614. The number of carbonyl (C=O) groups excluding carboxylic acids is 2. The SMILES string of the molecule is CC1CCCN(C(=O)CSc2nc3ccccc3n2CC(=O)NC(C)(C)C)C1. The van der Waals surface area contributed by atoms with Crippen molar-refractivity contribution in [1.29, 1.82) is 0 Å². The highest BCUT2D eigenvalue weighted by Gasteiger charge is 2.23. The van der Waals surface area contributed by atoms with Gasteiger partial charge >= 0.3 is 0 Å². The van der Waals surface area contributed by atoms with Crippen molar-refractivity contribution in [2.24, 2.45) is 5.92 Å². The summed E-state index contributed by atoms with van der Waals surface area (Å²) >= 11 is 1.42. The standard InChI is InChI=1S/C21H30N4O2S/c1-15-8-7-11-24(12-15)19(27)14-28-20-22-16-9-5-6-10-17(16)25(20)13-18(26)23-21(2,3)4/h5-6,9-10,15H,7-8,11-14H2,1-4H3,(H,23,26). The van der Waals surface area contributed by atoms with Crippen LogP contribution in [0.2, 0.25) is 0 Å². The highest BCUT2D eigenvalue weighted by molar-refractivity contribution is 7.99. The van der Waals surface area contributed by atoms with Crippen LogP contribution >= 0.6 is 11.8 Å². The van der Waals surface area contributed by atoms with E-state index in [1.807, 2.05) is 54.5 Å². The van der Waals surface area contributed by atoms with E-state index in [-0.39, 0.29) is 23.9 Å². The van der Waals surface area contributed by atoms with E-state index in [1.54, 1.807) is 0 Å². The number of likely N-dealkylation sites (tertiary alicyclic amines) is 1. The van der Waals surface area contributed by atoms with Crippen molar-refractivity contribution in [3.05, 3.63) is 24.3 Å². The molecular formula is C21H30N4O2S. The van der Waals surface area contributed by atoms with Crippen LogP contribution < -0.4 is 5.32 Å². The molecule has 1 saturated heterocycles. The van der Waals surface area contributed by atoms with Gasteiger partial charge in [-0.1, -0.05) is 30.8 Å². The Morgan fingerprint density at radius 3 is 2.75 bits per heavy atom. The van der Waals surface area contributed by atoms with Crippen LogP contribution in [-0.2, 0) is 16.1 Å². The van der Waals surface area contributed by atoms with Crippen LogP contribution in [0.5, 0.6) is 0 Å². The molecule has 1 aromatic heterocycles. The summed E-state index contributed by atoms with van der Waals surface area (Å²) in [5.41, 5.74) is 1.46. The lowest BCUT2D eigenvalue weighted by molar-refractivity contribution is -0.130. The third kappa shape index (κ3) is 5.28. The second kappa shape index (κ2) is 8.55. The zero-order valence-corrected chi connectivity index (χ0v) is 18.0. The van der Waals surface area contributed by atoms with Gasteiger partial charge in [-0.3, -0.25) is 9.59 Å². The molecule has 2 heterocycles. The van der Waals surface area contributed by atoms with E-state index in [0.717, 1.165) is 30.5 Å². The van der Waals surface area contributed by atoms with Crippen molar-refractivity contribution in [3.8, 4) is 0 Å². The Balaban J connectivity index is 1.74. The maximum absolute atomic E-state index is 12.6. The summed E-state index contributed by atoms with van der Waals surface area (Å²) in [4.78, 5) is 31.8. The number of hydrogen-bond acceptors (Lipinski definition) is 4. The maximum Gasteiger partial charge on any atom is 0.240 e. The van der Waals surface area contributed by atoms with E-state index in [0.29, 0.717) is 16.8 Å². The molecule has 1 fully saturated rings. The number of nitrogens with zero attached hydrogens (tertiary/aromatic N) is 3. The fraction of sp³-hybridized carbons (Fsp3) is 0.571. The fourth-order valence-corrected chi connectivity index (χ4v) is 4.47. The highest BCUT2D eigenvalue weighted by atomic mass is 32.2. The number of imidazole rings is 1. The molecule has 1 unspecified atom stereocenters. The largest absolute Gasteiger partial charge is 0.350 e. The molecule has 0 saturated carbocycles. The molecule has 6 nitrogen and oxygen atoms in total. The van der Waals surface area contributed by atoms with Gasteiger partial charge < -0.3 is 14.8 Å². The number of amides is 2. The maximum atomic E-state index is 12.6. The number of rotatable bonds is 5. The second-order valence-electron chi connectivity index (χ2n) is 8.64. The molecule has 1 atom stereocenters. The van der Waals surface area contributed by atoms with E-state index in [1.165, 1.54) is 18.2 Å². The number of hydrogen-bond donors (Lipinski definition) is 1. The summed E-state index contributed by atoms with van der Waals surface area (Å²) in [5.74, 6) is 0.994. The van der Waals surface area contributed by atoms with Crippen molar-refractivity contribution in [2.75, 3.05) is 18.8 Å². The first-order valence-electron chi connectivity index (χ1n) is 9.90. The minimum atomic E-state index is -0.290. The van der Waals surface area contributed by atoms with Crippen LogP contribution in [0.15, 0.2) is 29.4 Å². The predicted molar refractivity (Wildman–Crippen MR) is 113 cm³/mol. The minimum Gasteiger partial charge on any atom is -0.350 e. The Morgan fingerprint density at radius 1 is 1.29 bits per heavy atom. The van der Waals surface area contributed by atoms with Crippen LogP contribution in [0.1, 0.15) is 40.5 Å². The first-order chi connectivity index (χ1) is 13.2. The number of nitrogens with one attached hydrogen (secondary N) is 1. The van der Waals surface area contributed by atoms with Gasteiger partial charge in [0, 0.05) is 18.6 Å². The normalized spacial score (nSPS) is 17.7. The van der Waals surface area contributed by atoms with Gasteiger partial charge in [0.2, 0.25) is 11.8 Å². The first kappa shape index (κ1) is 20.7. The van der Waals surface area contributed by atoms with Crippen LogP contribution in [0.4, 0.5) is 0 Å². The van der Waals surface area contributed by atoms with Gasteiger partial charge in [-0.15, -0.1) is 0 Å². The van der Waals surface area contributed by atoms with E-state index in [4.69, 9.17) is 0 Å². The summed E-state index contributed by atoms with van der Waals surface area (Å²) in [5, 5.41) is 3.71. The molecule has 28 heavy (non-hydrogen) atoms. The van der Waals surface area contributed by atoms with Gasteiger partial charge in [0.25, 0.3) is 0 Å². The summed E-state index contributed by atoms with van der Waals surface area (Å²) in [6.07, 6.45) is 2.26. The second-order valence-corrected chi connectivity index (χ2v) is 9.59. The average Bonchev–Trinajstić information content (AvgIpc) is 2.95. The van der Waals surface area contributed by atoms with Gasteiger partial charge in [0.05, 0.1) is 16.8 Å². The molecule has 0 bridgehead atoms. The molecule has 2 aromatic rings. The molecular weight excluding hydrogens is 372 g/mol. The molecule has 152 valence electrons. The summed E-state index contributed by atoms with van der Waals surface area (Å²) in [6, 6.07) is 7.77. The quantitative estimate of drug-likeness (QED) is 0.779. The fourth-order valence-electron chi connectivity index (χ4n) is 3.55. The van der Waals surface area contributed by atoms with Crippen molar-refractivity contribution in [2.45, 2.75) is 57.8 Å². The number of para-hydroxylation sites is 2. The van der Waals surface area contributed by atoms with E-state index in [9.17, 15) is 9.59 Å². The summed E-state index contributed by atoms with van der Waals surface area (Å²) in [7, 11) is 0. The van der Waals surface area contributed by atoms with Gasteiger partial charge in [0.15, 0.2) is 5.16 Å². The van der Waals surface area contributed by atoms with Gasteiger partial charge in [0.1, 0.15) is 6.54 Å². The van der Waals surface area contributed by atoms with Crippen LogP contribution in [0, 0.1) is 5.92 Å². The Morgan fingerprint density at radius 2 is 2.04 bits per heavy atom. The molecule has 1 aromatic carbocycles. The van der Waals surface area contributed by atoms with E-state index >= 15 is 0 Å². The van der Waals surface area contributed by atoms with Gasteiger partial charge in [-0.05, 0) is 51.7 Å². The third-order valence-electron chi connectivity index (χ3n) is 4.77. The van der Waals surface area contributed by atoms with Crippen LogP contribution in [0.25, 0.3) is 11.0 Å². The third-order valence-corrected chi connectivity index (χ3v) is 5.73. The monoisotopic (exact) mass is 402 g/mol. The molecule has 3 rings (SSSR count). The average molecular weight is 403 g/mol. The molecule has 0 radical (unpaired) electrons. The lowest BCUT2D eigenvalue weighted by Gasteiger charge is -2.30. The highest BCUT2D eigenvalue weighted by Crippen LogP contribution is 2.25. The lowest BCUT2D eigenvalue weighted by atomic mass is 10.0. The molecule has 0 spiro atoms. The van der Waals surface area contributed by atoms with E-state index in [2.05, 4.69) is 17.2 Å². The topological polar surface area (TPSA) is 67.2 Å². The van der Waals surface area contributed by atoms with Gasteiger partial charge in [-0.25, -0.2) is 4.98 Å². The van der Waals surface area contributed by atoms with Crippen LogP contribution in [0.3, 0.4) is 0 Å². The summed E-state index contributed by atoms with van der Waals surface area (Å²) in [6.45, 7) is 9.95. The van der Waals surface area contributed by atoms with Gasteiger partial charge in [-0.2, -0.15) is 0 Å². The first-order valence-corrected chi connectivity index (χ1v) is 10.9. The van der Waals surface area contributed by atoms with Crippen molar-refractivity contribution in [3.63, 3.8) is 0 Å². The van der Waals surface area contributed by atoms with Crippen molar-refractivity contribution in [1.82, 2.24) is 19.8 Å². The number of fused-ring (bicyclic) bond motifs is 1. The molecule has 1 aliphatic heterocycles. The Labute approximate surface area is 171 Å². The number of thioether (sulfide) groups is 1. The molecule has 1 aliphatic rings. The molecule has 0 aliphatic carbocycles.